The number of carboxylic acid groups (broad SMARTS) is 1. The molecule has 16 heavy (non-hydrogen) atoms. The fourth-order valence-electron chi connectivity index (χ4n) is 1.72. The molecule has 0 bridgehead atoms. The summed E-state index contributed by atoms with van der Waals surface area (Å²) in [6.07, 6.45) is 0.446. The molecule has 3 N–H and O–H groups in total. The highest BCUT2D eigenvalue weighted by molar-refractivity contribution is 5.76. The summed E-state index contributed by atoms with van der Waals surface area (Å²) in [6, 6.07) is 5.41. The monoisotopic (exact) mass is 223 g/mol. The van der Waals surface area contributed by atoms with Gasteiger partial charge >= 0.3 is 5.97 Å². The standard InChI is InChI=1S/C12H17NO3/c1-8-7-9(3-4-11(8)16-2)10(5-6-13)12(14)15/h3-4,7,10H,5-6,13H2,1-2H3,(H,14,15). The van der Waals surface area contributed by atoms with E-state index in [0.717, 1.165) is 16.9 Å². The molecule has 1 atom stereocenters. The van der Waals surface area contributed by atoms with Crippen LogP contribution in [0.1, 0.15) is 23.5 Å². The Hall–Kier alpha value is -1.55. The van der Waals surface area contributed by atoms with Crippen molar-refractivity contribution in [3.05, 3.63) is 29.3 Å². The van der Waals surface area contributed by atoms with E-state index < -0.39 is 11.9 Å². The lowest BCUT2D eigenvalue weighted by Gasteiger charge is -2.13. The summed E-state index contributed by atoms with van der Waals surface area (Å²) >= 11 is 0. The Bertz CT molecular complexity index is 377. The van der Waals surface area contributed by atoms with Gasteiger partial charge in [-0.25, -0.2) is 0 Å². The largest absolute Gasteiger partial charge is 0.496 e. The summed E-state index contributed by atoms with van der Waals surface area (Å²) in [5, 5.41) is 9.09. The van der Waals surface area contributed by atoms with Gasteiger partial charge in [0.2, 0.25) is 0 Å². The molecule has 0 aliphatic carbocycles. The van der Waals surface area contributed by atoms with Gasteiger partial charge in [-0.15, -0.1) is 0 Å². The number of methoxy groups -OCH3 is 1. The van der Waals surface area contributed by atoms with E-state index in [1.807, 2.05) is 13.0 Å². The molecule has 0 radical (unpaired) electrons. The van der Waals surface area contributed by atoms with E-state index in [-0.39, 0.29) is 0 Å². The molecular formula is C12H17NO3. The predicted octanol–water partition coefficient (Wildman–Crippen LogP) is 1.52. The Morgan fingerprint density at radius 1 is 1.56 bits per heavy atom. The molecule has 0 spiro atoms. The number of aliphatic carboxylic acids is 1. The first kappa shape index (κ1) is 12.5. The third-order valence-corrected chi connectivity index (χ3v) is 2.57. The summed E-state index contributed by atoms with van der Waals surface area (Å²) < 4.78 is 5.13. The summed E-state index contributed by atoms with van der Waals surface area (Å²) in [5.41, 5.74) is 7.12. The number of rotatable bonds is 5. The van der Waals surface area contributed by atoms with Crippen LogP contribution in [0.4, 0.5) is 0 Å². The van der Waals surface area contributed by atoms with Crippen molar-refractivity contribution in [2.75, 3.05) is 13.7 Å². The lowest BCUT2D eigenvalue weighted by Crippen LogP contribution is -2.16. The highest BCUT2D eigenvalue weighted by Crippen LogP contribution is 2.25. The first-order valence-electron chi connectivity index (χ1n) is 5.17. The van der Waals surface area contributed by atoms with E-state index in [0.29, 0.717) is 13.0 Å². The number of carboxylic acids is 1. The number of hydrogen-bond acceptors (Lipinski definition) is 3. The Morgan fingerprint density at radius 3 is 2.69 bits per heavy atom. The van der Waals surface area contributed by atoms with Crippen molar-refractivity contribution in [3.63, 3.8) is 0 Å². The fraction of sp³-hybridized carbons (Fsp3) is 0.417. The molecule has 1 aromatic carbocycles. The van der Waals surface area contributed by atoms with Crippen molar-refractivity contribution >= 4 is 5.97 Å². The summed E-state index contributed by atoms with van der Waals surface area (Å²) in [6.45, 7) is 2.26. The maximum absolute atomic E-state index is 11.1. The predicted molar refractivity (Wildman–Crippen MR) is 61.8 cm³/mol. The summed E-state index contributed by atoms with van der Waals surface area (Å²) in [7, 11) is 1.59. The second kappa shape index (κ2) is 5.51. The number of ether oxygens (including phenoxy) is 1. The Kier molecular flexibility index (Phi) is 4.31. The number of carbonyl (C=O) groups is 1. The van der Waals surface area contributed by atoms with Crippen molar-refractivity contribution in [2.45, 2.75) is 19.3 Å². The molecule has 4 heteroatoms. The van der Waals surface area contributed by atoms with Crippen molar-refractivity contribution in [1.29, 1.82) is 0 Å². The second-order valence-electron chi connectivity index (χ2n) is 3.70. The third-order valence-electron chi connectivity index (χ3n) is 2.57. The maximum Gasteiger partial charge on any atom is 0.311 e. The number of nitrogens with two attached hydrogens (primary N) is 1. The molecule has 0 aliphatic heterocycles. The molecule has 0 saturated heterocycles. The lowest BCUT2D eigenvalue weighted by atomic mass is 9.94. The van der Waals surface area contributed by atoms with Crippen LogP contribution in [0.5, 0.6) is 5.75 Å². The average molecular weight is 223 g/mol. The van der Waals surface area contributed by atoms with Crippen LogP contribution >= 0.6 is 0 Å². The van der Waals surface area contributed by atoms with Crippen molar-refractivity contribution < 1.29 is 14.6 Å². The van der Waals surface area contributed by atoms with Crippen LogP contribution in [0.25, 0.3) is 0 Å². The summed E-state index contributed by atoms with van der Waals surface area (Å²) in [5.74, 6) is -0.606. The number of hydrogen-bond donors (Lipinski definition) is 2. The Morgan fingerprint density at radius 2 is 2.25 bits per heavy atom. The normalized spacial score (nSPS) is 12.2. The second-order valence-corrected chi connectivity index (χ2v) is 3.70. The molecular weight excluding hydrogens is 206 g/mol. The maximum atomic E-state index is 11.1. The van der Waals surface area contributed by atoms with Crippen LogP contribution in [0.15, 0.2) is 18.2 Å². The average Bonchev–Trinajstić information content (AvgIpc) is 2.25. The Balaban J connectivity index is 3.01. The van der Waals surface area contributed by atoms with E-state index in [2.05, 4.69) is 0 Å². The first-order chi connectivity index (χ1) is 7.60. The van der Waals surface area contributed by atoms with E-state index in [9.17, 15) is 4.79 Å². The highest BCUT2D eigenvalue weighted by Gasteiger charge is 2.19. The van der Waals surface area contributed by atoms with Gasteiger partial charge in [0.05, 0.1) is 13.0 Å². The molecule has 4 nitrogen and oxygen atoms in total. The zero-order valence-electron chi connectivity index (χ0n) is 9.56. The van der Waals surface area contributed by atoms with Gasteiger partial charge < -0.3 is 15.6 Å². The van der Waals surface area contributed by atoms with Gasteiger partial charge in [-0.2, -0.15) is 0 Å². The van der Waals surface area contributed by atoms with E-state index in [1.54, 1.807) is 19.2 Å². The molecule has 0 aliphatic rings. The molecule has 0 saturated carbocycles. The number of benzene rings is 1. The van der Waals surface area contributed by atoms with E-state index in [1.165, 1.54) is 0 Å². The molecule has 0 amide bonds. The molecule has 0 aromatic heterocycles. The van der Waals surface area contributed by atoms with Crippen LogP contribution in [0, 0.1) is 6.92 Å². The smallest absolute Gasteiger partial charge is 0.311 e. The molecule has 1 unspecified atom stereocenters. The van der Waals surface area contributed by atoms with Gasteiger partial charge in [0, 0.05) is 0 Å². The number of aryl methyl sites for hydroxylation is 1. The fourth-order valence-corrected chi connectivity index (χ4v) is 1.72. The van der Waals surface area contributed by atoms with Crippen molar-refractivity contribution in [3.8, 4) is 5.75 Å². The van der Waals surface area contributed by atoms with Gasteiger partial charge in [0.25, 0.3) is 0 Å². The lowest BCUT2D eigenvalue weighted by molar-refractivity contribution is -0.138. The highest BCUT2D eigenvalue weighted by atomic mass is 16.5. The van der Waals surface area contributed by atoms with Gasteiger partial charge in [0.1, 0.15) is 5.75 Å². The zero-order chi connectivity index (χ0) is 12.1. The molecule has 0 fully saturated rings. The van der Waals surface area contributed by atoms with E-state index in [4.69, 9.17) is 15.6 Å². The van der Waals surface area contributed by atoms with Gasteiger partial charge in [-0.05, 0) is 37.1 Å². The minimum Gasteiger partial charge on any atom is -0.496 e. The van der Waals surface area contributed by atoms with Crippen LogP contribution in [-0.4, -0.2) is 24.7 Å². The minimum atomic E-state index is -0.838. The minimum absolute atomic E-state index is 0.363. The third kappa shape index (κ3) is 2.73. The molecule has 1 aromatic rings. The Labute approximate surface area is 95.0 Å². The molecule has 88 valence electrons. The van der Waals surface area contributed by atoms with Crippen molar-refractivity contribution in [1.82, 2.24) is 0 Å². The van der Waals surface area contributed by atoms with Crippen LogP contribution in [0.2, 0.25) is 0 Å². The van der Waals surface area contributed by atoms with E-state index >= 15 is 0 Å². The quantitative estimate of drug-likeness (QED) is 0.793. The van der Waals surface area contributed by atoms with Gasteiger partial charge in [-0.1, -0.05) is 12.1 Å². The van der Waals surface area contributed by atoms with Gasteiger partial charge in [0.15, 0.2) is 0 Å². The van der Waals surface area contributed by atoms with Crippen LogP contribution in [-0.2, 0) is 4.79 Å². The SMILES string of the molecule is COc1ccc(C(CCN)C(=O)O)cc1C. The summed E-state index contributed by atoms with van der Waals surface area (Å²) in [4.78, 5) is 11.1. The molecule has 0 heterocycles. The zero-order valence-corrected chi connectivity index (χ0v) is 9.56. The topological polar surface area (TPSA) is 72.5 Å². The molecule has 1 rings (SSSR count). The van der Waals surface area contributed by atoms with Gasteiger partial charge in [-0.3, -0.25) is 4.79 Å². The first-order valence-corrected chi connectivity index (χ1v) is 5.17. The van der Waals surface area contributed by atoms with Crippen molar-refractivity contribution in [2.24, 2.45) is 5.73 Å². The van der Waals surface area contributed by atoms with Crippen LogP contribution in [0.3, 0.4) is 0 Å². The van der Waals surface area contributed by atoms with Crippen LogP contribution < -0.4 is 10.5 Å².